The van der Waals surface area contributed by atoms with Gasteiger partial charge < -0.3 is 19.5 Å². The number of carbonyl (C=O) groups is 1. The van der Waals surface area contributed by atoms with Crippen molar-refractivity contribution >= 4 is 34.6 Å². The van der Waals surface area contributed by atoms with Crippen LogP contribution in [0.1, 0.15) is 45.9 Å². The van der Waals surface area contributed by atoms with Gasteiger partial charge in [-0.05, 0) is 47.7 Å². The minimum atomic E-state index is -0.269. The van der Waals surface area contributed by atoms with Gasteiger partial charge in [0.2, 0.25) is 0 Å². The first-order valence-electron chi connectivity index (χ1n) is 14.8. The summed E-state index contributed by atoms with van der Waals surface area (Å²) in [6.07, 6.45) is 3.02. The van der Waals surface area contributed by atoms with E-state index in [-0.39, 0.29) is 17.3 Å². The van der Waals surface area contributed by atoms with Crippen molar-refractivity contribution in [2.75, 3.05) is 57.9 Å². The third kappa shape index (κ3) is 8.03. The molecule has 0 unspecified atom stereocenters. The van der Waals surface area contributed by atoms with E-state index in [9.17, 15) is 4.79 Å². The van der Waals surface area contributed by atoms with Gasteiger partial charge in [-0.1, -0.05) is 74.0 Å². The highest BCUT2D eigenvalue weighted by atomic mass is 35.5. The molecule has 5 rings (SSSR count). The van der Waals surface area contributed by atoms with Crippen molar-refractivity contribution in [3.63, 3.8) is 0 Å². The molecule has 1 aliphatic carbocycles. The lowest BCUT2D eigenvalue weighted by Crippen LogP contribution is -2.38. The summed E-state index contributed by atoms with van der Waals surface area (Å²) >= 11 is 8.06. The monoisotopic (exact) mass is 608 g/mol. The van der Waals surface area contributed by atoms with Crippen molar-refractivity contribution in [3.05, 3.63) is 98.7 Å². The van der Waals surface area contributed by atoms with Gasteiger partial charge in [0.15, 0.2) is 0 Å². The van der Waals surface area contributed by atoms with Crippen molar-refractivity contribution < 1.29 is 19.0 Å². The van der Waals surface area contributed by atoms with Crippen LogP contribution in [-0.4, -0.2) is 63.5 Å². The lowest BCUT2D eigenvalue weighted by Gasteiger charge is -2.26. The normalized spacial score (nSPS) is 19.5. The lowest BCUT2D eigenvalue weighted by atomic mass is 9.78. The first-order chi connectivity index (χ1) is 20.4. The van der Waals surface area contributed by atoms with Gasteiger partial charge in [0.05, 0.1) is 26.4 Å². The zero-order valence-electron chi connectivity index (χ0n) is 24.5. The quantitative estimate of drug-likeness (QED) is 0.212. The van der Waals surface area contributed by atoms with E-state index in [1.54, 1.807) is 0 Å². The summed E-state index contributed by atoms with van der Waals surface area (Å²) in [7, 11) is 0. The summed E-state index contributed by atoms with van der Waals surface area (Å²) in [5.41, 5.74) is 3.60. The molecule has 6 nitrogen and oxygen atoms in total. The minimum absolute atomic E-state index is 0.0631. The summed E-state index contributed by atoms with van der Waals surface area (Å²) in [6.45, 7) is 10.7. The average molecular weight is 609 g/mol. The van der Waals surface area contributed by atoms with Crippen LogP contribution in [0.2, 0.25) is 0 Å². The van der Waals surface area contributed by atoms with Gasteiger partial charge >= 0.3 is 5.97 Å². The zero-order chi connectivity index (χ0) is 29.4. The first-order valence-corrected chi connectivity index (χ1v) is 16.0. The van der Waals surface area contributed by atoms with Gasteiger partial charge in [-0.15, -0.1) is 11.3 Å². The van der Waals surface area contributed by atoms with Gasteiger partial charge in [0.1, 0.15) is 11.5 Å². The fourth-order valence-corrected chi connectivity index (χ4v) is 6.73. The maximum absolute atomic E-state index is 12.5. The van der Waals surface area contributed by atoms with Crippen LogP contribution in [0.3, 0.4) is 0 Å². The van der Waals surface area contributed by atoms with E-state index in [4.69, 9.17) is 25.8 Å². The van der Waals surface area contributed by atoms with Crippen molar-refractivity contribution in [3.8, 4) is 0 Å². The van der Waals surface area contributed by atoms with Crippen molar-refractivity contribution in [1.29, 1.82) is 0 Å². The maximum Gasteiger partial charge on any atom is 0.348 e. The second-order valence-corrected chi connectivity index (χ2v) is 13.1. The second kappa shape index (κ2) is 14.7. The van der Waals surface area contributed by atoms with Crippen LogP contribution >= 0.6 is 22.9 Å². The fourth-order valence-electron chi connectivity index (χ4n) is 5.55. The molecule has 0 radical (unpaired) electrons. The highest BCUT2D eigenvalue weighted by Gasteiger charge is 2.29. The highest BCUT2D eigenvalue weighted by molar-refractivity contribution is 7.13. The molecule has 0 saturated carbocycles. The third-order valence-electron chi connectivity index (χ3n) is 8.35. The Kier molecular flexibility index (Phi) is 10.7. The number of morpholine rings is 1. The fraction of sp³-hybridized carbons (Fsp3) is 0.441. The number of anilines is 1. The molecular formula is C34H41ClN2O4S. The van der Waals surface area contributed by atoms with Crippen LogP contribution < -0.4 is 5.32 Å². The van der Waals surface area contributed by atoms with Gasteiger partial charge in [-0.25, -0.2) is 4.79 Å². The molecule has 2 heterocycles. The molecule has 2 aliphatic rings. The lowest BCUT2D eigenvalue weighted by molar-refractivity contribution is 0.0197. The molecule has 1 saturated heterocycles. The molecular weight excluding hydrogens is 568 g/mol. The van der Waals surface area contributed by atoms with E-state index in [1.807, 2.05) is 12.1 Å². The van der Waals surface area contributed by atoms with Crippen LogP contribution in [0.25, 0.3) is 0 Å². The topological polar surface area (TPSA) is 60.0 Å². The Morgan fingerprint density at radius 2 is 1.79 bits per heavy atom. The Balaban J connectivity index is 1.05. The highest BCUT2D eigenvalue weighted by Crippen LogP contribution is 2.36. The number of nitrogens with one attached hydrogen (secondary N) is 1. The molecule has 1 N–H and O–H groups in total. The molecule has 0 spiro atoms. The van der Waals surface area contributed by atoms with Gasteiger partial charge in [0.25, 0.3) is 0 Å². The van der Waals surface area contributed by atoms with E-state index in [2.05, 4.69) is 84.7 Å². The van der Waals surface area contributed by atoms with E-state index in [0.29, 0.717) is 30.6 Å². The summed E-state index contributed by atoms with van der Waals surface area (Å²) in [6, 6.07) is 23.1. The Hall–Kier alpha value is -2.68. The van der Waals surface area contributed by atoms with Crippen LogP contribution in [0.15, 0.2) is 77.8 Å². The Bertz CT molecular complexity index is 1320. The van der Waals surface area contributed by atoms with Crippen molar-refractivity contribution in [2.24, 2.45) is 11.8 Å². The number of allylic oxidation sites excluding steroid dienone is 1. The minimum Gasteiger partial charge on any atom is -0.460 e. The number of hydrogen-bond acceptors (Lipinski definition) is 7. The zero-order valence-corrected chi connectivity index (χ0v) is 26.1. The second-order valence-electron chi connectivity index (χ2n) is 11.5. The molecule has 0 amide bonds. The SMILES string of the molecule is CC(C)(c1ccccc1)c1ccc(NC[C@H]2C(Cl)=CC[C@@H]2COCc2ccc(C(=O)OCCN3CCOCC3)s2)cc1. The number of esters is 1. The van der Waals surface area contributed by atoms with Crippen LogP contribution in [0, 0.1) is 11.8 Å². The molecule has 1 aliphatic heterocycles. The van der Waals surface area contributed by atoms with Crippen molar-refractivity contribution in [2.45, 2.75) is 32.3 Å². The molecule has 0 bridgehead atoms. The Labute approximate surface area is 258 Å². The number of nitrogens with zero attached hydrogens (tertiary/aromatic N) is 1. The predicted octanol–water partition coefficient (Wildman–Crippen LogP) is 6.95. The number of carbonyl (C=O) groups excluding carboxylic acids is 1. The van der Waals surface area contributed by atoms with Gasteiger partial charge in [-0.3, -0.25) is 4.90 Å². The van der Waals surface area contributed by atoms with Crippen molar-refractivity contribution in [1.82, 2.24) is 4.90 Å². The summed E-state index contributed by atoms with van der Waals surface area (Å²) < 4.78 is 16.9. The predicted molar refractivity (Wildman–Crippen MR) is 171 cm³/mol. The number of thiophene rings is 1. The van der Waals surface area contributed by atoms with Gasteiger partial charge in [0, 0.05) is 53.1 Å². The Morgan fingerprint density at radius 3 is 2.55 bits per heavy atom. The largest absolute Gasteiger partial charge is 0.460 e. The molecule has 42 heavy (non-hydrogen) atoms. The van der Waals surface area contributed by atoms with Gasteiger partial charge in [-0.2, -0.15) is 0 Å². The maximum atomic E-state index is 12.5. The van der Waals surface area contributed by atoms with E-state index >= 15 is 0 Å². The summed E-state index contributed by atoms with van der Waals surface area (Å²) in [5, 5.41) is 4.49. The van der Waals surface area contributed by atoms with E-state index in [1.165, 1.54) is 22.5 Å². The molecule has 2 atom stereocenters. The number of ether oxygens (including phenoxy) is 3. The van der Waals surface area contributed by atoms with E-state index in [0.717, 1.165) is 61.4 Å². The summed E-state index contributed by atoms with van der Waals surface area (Å²) in [5.74, 6) is 0.243. The van der Waals surface area contributed by atoms with E-state index < -0.39 is 0 Å². The number of hydrogen-bond donors (Lipinski definition) is 1. The molecule has 8 heteroatoms. The van der Waals surface area contributed by atoms with Crippen LogP contribution in [0.4, 0.5) is 5.69 Å². The molecule has 2 aromatic carbocycles. The molecule has 224 valence electrons. The average Bonchev–Trinajstić information content (AvgIpc) is 3.64. The molecule has 3 aromatic rings. The standard InChI is InChI=1S/C34H41ClN2O4S/c1-34(2,26-6-4-3-5-7-26)27-9-11-28(12-10-27)36-22-30-25(8-14-31(30)35)23-40-24-29-13-15-32(42-29)33(38)41-21-18-37-16-19-39-20-17-37/h3-7,9-15,25,30,36H,8,16-24H2,1-2H3/t25-,30-/m1/s1. The third-order valence-corrected chi connectivity index (χ3v) is 9.82. The number of halogens is 1. The summed E-state index contributed by atoms with van der Waals surface area (Å²) in [4.78, 5) is 16.3. The first kappa shape index (κ1) is 30.8. The molecule has 1 aromatic heterocycles. The smallest absolute Gasteiger partial charge is 0.348 e. The Morgan fingerprint density at radius 1 is 1.05 bits per heavy atom. The van der Waals surface area contributed by atoms with Crippen LogP contribution in [-0.2, 0) is 26.2 Å². The number of benzene rings is 2. The van der Waals surface area contributed by atoms with Crippen LogP contribution in [0.5, 0.6) is 0 Å². The number of rotatable bonds is 13. The molecule has 1 fully saturated rings.